The van der Waals surface area contributed by atoms with Crippen LogP contribution in [0.4, 0.5) is 16.2 Å². The minimum Gasteiger partial charge on any atom is -0.494 e. The van der Waals surface area contributed by atoms with E-state index < -0.39 is 11.7 Å². The molecule has 0 aliphatic carbocycles. The Kier molecular flexibility index (Phi) is 10.3. The summed E-state index contributed by atoms with van der Waals surface area (Å²) in [4.78, 5) is 31.8. The van der Waals surface area contributed by atoms with Crippen molar-refractivity contribution in [3.8, 4) is 5.75 Å². The van der Waals surface area contributed by atoms with Gasteiger partial charge in [-0.3, -0.25) is 9.69 Å². The monoisotopic (exact) mass is 589 g/mol. The van der Waals surface area contributed by atoms with Gasteiger partial charge in [0.2, 0.25) is 5.91 Å². The molecule has 0 bridgehead atoms. The summed E-state index contributed by atoms with van der Waals surface area (Å²) >= 11 is 12.6. The molecule has 4 rings (SSSR count). The summed E-state index contributed by atoms with van der Waals surface area (Å²) < 4.78 is 11.8. The maximum absolute atomic E-state index is 13.1. The molecule has 2 amide bonds. The van der Waals surface area contributed by atoms with Crippen LogP contribution in [0.3, 0.4) is 0 Å². The molecule has 1 saturated heterocycles. The van der Waals surface area contributed by atoms with Gasteiger partial charge in [0.15, 0.2) is 0 Å². The Labute approximate surface area is 248 Å². The molecule has 218 valence electrons. The standard InChI is InChI=1S/C31H41Cl2N3O4/c1-22(2)21-31(3,4)40-30(38)36-27-20-24(12-10-23(27)11-13-28(36)37)39-19-6-5-14-34-15-17-35(18-16-34)26-9-7-8-25(32)29(26)33/h7-10,12,20,22H,5-6,11,13-19,21H2,1-4H3. The summed E-state index contributed by atoms with van der Waals surface area (Å²) in [6.07, 6.45) is 2.91. The highest BCUT2D eigenvalue weighted by Gasteiger charge is 2.35. The molecule has 9 heteroatoms. The van der Waals surface area contributed by atoms with Crippen molar-refractivity contribution in [3.63, 3.8) is 0 Å². The third kappa shape index (κ3) is 7.83. The van der Waals surface area contributed by atoms with E-state index in [9.17, 15) is 9.59 Å². The van der Waals surface area contributed by atoms with E-state index in [1.807, 2.05) is 44.2 Å². The molecule has 2 aromatic rings. The van der Waals surface area contributed by atoms with Crippen molar-refractivity contribution in [2.24, 2.45) is 5.92 Å². The van der Waals surface area contributed by atoms with E-state index in [2.05, 4.69) is 23.6 Å². The fourth-order valence-corrected chi connectivity index (χ4v) is 6.04. The molecule has 1 fully saturated rings. The Bertz CT molecular complexity index is 1200. The summed E-state index contributed by atoms with van der Waals surface area (Å²) in [6, 6.07) is 11.4. The summed E-state index contributed by atoms with van der Waals surface area (Å²) in [7, 11) is 0. The highest BCUT2D eigenvalue weighted by atomic mass is 35.5. The summed E-state index contributed by atoms with van der Waals surface area (Å²) in [5, 5.41) is 1.21. The molecule has 0 aromatic heterocycles. The number of fused-ring (bicyclic) bond motifs is 1. The minimum absolute atomic E-state index is 0.243. The number of rotatable bonds is 10. The average Bonchev–Trinajstić information content (AvgIpc) is 2.89. The molecular formula is C31H41Cl2N3O4. The van der Waals surface area contributed by atoms with Gasteiger partial charge in [0.05, 0.1) is 28.0 Å². The molecule has 0 saturated carbocycles. The lowest BCUT2D eigenvalue weighted by molar-refractivity contribution is -0.118. The molecule has 0 spiro atoms. The van der Waals surface area contributed by atoms with Gasteiger partial charge in [0, 0.05) is 38.7 Å². The Hall–Kier alpha value is -2.48. The zero-order valence-corrected chi connectivity index (χ0v) is 25.6. The third-order valence-electron chi connectivity index (χ3n) is 7.38. The van der Waals surface area contributed by atoms with Gasteiger partial charge in [-0.1, -0.05) is 49.2 Å². The number of piperazine rings is 1. The summed E-state index contributed by atoms with van der Waals surface area (Å²) in [6.45, 7) is 13.3. The van der Waals surface area contributed by atoms with Gasteiger partial charge in [-0.25, -0.2) is 9.69 Å². The van der Waals surface area contributed by atoms with E-state index in [1.165, 1.54) is 4.90 Å². The number of anilines is 2. The van der Waals surface area contributed by atoms with Crippen LogP contribution in [0.5, 0.6) is 5.75 Å². The Morgan fingerprint density at radius 2 is 1.75 bits per heavy atom. The number of ether oxygens (including phenoxy) is 2. The lowest BCUT2D eigenvalue weighted by Crippen LogP contribution is -2.46. The average molecular weight is 591 g/mol. The molecule has 0 N–H and O–H groups in total. The highest BCUT2D eigenvalue weighted by molar-refractivity contribution is 6.43. The first kappa shape index (κ1) is 30.5. The molecule has 2 aromatic carbocycles. The van der Waals surface area contributed by atoms with Crippen LogP contribution in [-0.4, -0.2) is 61.8 Å². The Morgan fingerprint density at radius 3 is 2.48 bits per heavy atom. The molecular weight excluding hydrogens is 549 g/mol. The molecule has 40 heavy (non-hydrogen) atoms. The number of carbonyl (C=O) groups excluding carboxylic acids is 2. The number of hydrogen-bond acceptors (Lipinski definition) is 6. The lowest BCUT2D eigenvalue weighted by Gasteiger charge is -2.36. The largest absolute Gasteiger partial charge is 0.494 e. The number of imide groups is 1. The van der Waals surface area contributed by atoms with Crippen LogP contribution in [0, 0.1) is 5.92 Å². The van der Waals surface area contributed by atoms with E-state index in [4.69, 9.17) is 32.7 Å². The number of benzene rings is 2. The number of halogens is 2. The van der Waals surface area contributed by atoms with Gasteiger partial charge >= 0.3 is 6.09 Å². The number of nitrogens with zero attached hydrogens (tertiary/aromatic N) is 3. The van der Waals surface area contributed by atoms with Gasteiger partial charge < -0.3 is 14.4 Å². The maximum Gasteiger partial charge on any atom is 0.421 e. The second-order valence-electron chi connectivity index (χ2n) is 11.7. The fraction of sp³-hybridized carbons (Fsp3) is 0.548. The third-order valence-corrected chi connectivity index (χ3v) is 8.19. The van der Waals surface area contributed by atoms with Gasteiger partial charge in [-0.15, -0.1) is 0 Å². The zero-order valence-electron chi connectivity index (χ0n) is 24.1. The van der Waals surface area contributed by atoms with Crippen LogP contribution in [0.25, 0.3) is 0 Å². The molecule has 0 unspecified atom stereocenters. The van der Waals surface area contributed by atoms with Crippen LogP contribution < -0.4 is 14.5 Å². The second kappa shape index (κ2) is 13.5. The first-order valence-electron chi connectivity index (χ1n) is 14.3. The number of unbranched alkanes of at least 4 members (excludes halogenated alkanes) is 1. The van der Waals surface area contributed by atoms with Crippen molar-refractivity contribution in [1.82, 2.24) is 4.90 Å². The number of carbonyl (C=O) groups is 2. The molecule has 0 atom stereocenters. The van der Waals surface area contributed by atoms with Crippen molar-refractivity contribution < 1.29 is 19.1 Å². The normalized spacial score (nSPS) is 16.3. The van der Waals surface area contributed by atoms with Crippen molar-refractivity contribution in [1.29, 1.82) is 0 Å². The van der Waals surface area contributed by atoms with Crippen molar-refractivity contribution in [2.75, 3.05) is 49.1 Å². The van der Waals surface area contributed by atoms with E-state index >= 15 is 0 Å². The predicted octanol–water partition coefficient (Wildman–Crippen LogP) is 7.22. The summed E-state index contributed by atoms with van der Waals surface area (Å²) in [5.74, 6) is 0.775. The Morgan fingerprint density at radius 1 is 1.00 bits per heavy atom. The minimum atomic E-state index is -0.661. The second-order valence-corrected chi connectivity index (χ2v) is 12.5. The van der Waals surface area contributed by atoms with Crippen LogP contribution in [0.1, 0.15) is 58.9 Å². The number of amides is 2. The molecule has 2 heterocycles. The smallest absolute Gasteiger partial charge is 0.421 e. The van der Waals surface area contributed by atoms with E-state index in [0.29, 0.717) is 46.8 Å². The zero-order chi connectivity index (χ0) is 28.9. The van der Waals surface area contributed by atoms with Gasteiger partial charge in [0.25, 0.3) is 0 Å². The maximum atomic E-state index is 13.1. The van der Waals surface area contributed by atoms with Gasteiger partial charge in [-0.05, 0) is 75.8 Å². The van der Waals surface area contributed by atoms with E-state index in [0.717, 1.165) is 56.8 Å². The quantitative estimate of drug-likeness (QED) is 0.273. The van der Waals surface area contributed by atoms with Crippen LogP contribution in [0.15, 0.2) is 36.4 Å². The number of aryl methyl sites for hydroxylation is 1. The van der Waals surface area contributed by atoms with Crippen molar-refractivity contribution in [3.05, 3.63) is 52.0 Å². The fourth-order valence-electron chi connectivity index (χ4n) is 5.62. The first-order chi connectivity index (χ1) is 19.0. The SMILES string of the molecule is CC(C)CC(C)(C)OC(=O)N1C(=O)CCc2ccc(OCCCCN3CCN(c4cccc(Cl)c4Cl)CC3)cc21. The number of hydrogen-bond donors (Lipinski definition) is 0. The van der Waals surface area contributed by atoms with Crippen molar-refractivity contribution >= 4 is 46.6 Å². The molecule has 2 aliphatic heterocycles. The van der Waals surface area contributed by atoms with Crippen LogP contribution in [-0.2, 0) is 16.0 Å². The van der Waals surface area contributed by atoms with Gasteiger partial charge in [0.1, 0.15) is 11.4 Å². The van der Waals surface area contributed by atoms with E-state index in [-0.39, 0.29) is 12.3 Å². The predicted molar refractivity (Wildman–Crippen MR) is 162 cm³/mol. The topological polar surface area (TPSA) is 62.3 Å². The van der Waals surface area contributed by atoms with Gasteiger partial charge in [-0.2, -0.15) is 0 Å². The highest BCUT2D eigenvalue weighted by Crippen LogP contribution is 2.34. The molecule has 0 radical (unpaired) electrons. The van der Waals surface area contributed by atoms with Crippen LogP contribution >= 0.6 is 23.2 Å². The van der Waals surface area contributed by atoms with Crippen molar-refractivity contribution in [2.45, 2.75) is 65.4 Å². The molecule has 7 nitrogen and oxygen atoms in total. The summed E-state index contributed by atoms with van der Waals surface area (Å²) in [5.41, 5.74) is 1.85. The lowest BCUT2D eigenvalue weighted by atomic mass is 9.96. The molecule has 2 aliphatic rings. The van der Waals surface area contributed by atoms with E-state index in [1.54, 1.807) is 6.07 Å². The first-order valence-corrected chi connectivity index (χ1v) is 15.0. The van der Waals surface area contributed by atoms with Crippen LogP contribution in [0.2, 0.25) is 10.0 Å². The Balaban J connectivity index is 1.25.